The maximum atomic E-state index is 6.49. The normalized spacial score (nSPS) is 11.3. The molecule has 44 heavy (non-hydrogen) atoms. The smallest absolute Gasteiger partial charge is 0.164 e. The van der Waals surface area contributed by atoms with E-state index in [9.17, 15) is 0 Å². The van der Waals surface area contributed by atoms with Crippen LogP contribution in [0.4, 0.5) is 0 Å². The van der Waals surface area contributed by atoms with Gasteiger partial charge in [0.15, 0.2) is 23.1 Å². The predicted octanol–water partition coefficient (Wildman–Crippen LogP) is 10.8. The van der Waals surface area contributed by atoms with E-state index in [0.717, 1.165) is 49.7 Å². The molecule has 0 aliphatic carbocycles. The summed E-state index contributed by atoms with van der Waals surface area (Å²) < 4.78 is 6.16. The Balaban J connectivity index is 1.26. The quantitative estimate of drug-likeness (QED) is 0.201. The van der Waals surface area contributed by atoms with Gasteiger partial charge in [0.1, 0.15) is 5.58 Å². The molecule has 0 atom stereocenters. The van der Waals surface area contributed by atoms with Gasteiger partial charge in [0.25, 0.3) is 0 Å². The van der Waals surface area contributed by atoms with E-state index >= 15 is 0 Å². The molecule has 8 aromatic rings. The fourth-order valence-corrected chi connectivity index (χ4v) is 5.89. The maximum Gasteiger partial charge on any atom is 0.164 e. The second kappa shape index (κ2) is 10.9. The molecule has 0 aliphatic heterocycles. The van der Waals surface area contributed by atoms with Gasteiger partial charge in [-0.25, -0.2) is 15.0 Å². The lowest BCUT2D eigenvalue weighted by atomic mass is 9.98. The number of rotatable bonds is 5. The highest BCUT2D eigenvalue weighted by Gasteiger charge is 2.16. The highest BCUT2D eigenvalue weighted by atomic mass is 35.5. The molecular formula is C39H24ClN3O. The van der Waals surface area contributed by atoms with Crippen LogP contribution in [0.25, 0.3) is 78.4 Å². The summed E-state index contributed by atoms with van der Waals surface area (Å²) in [7, 11) is 0. The highest BCUT2D eigenvalue weighted by molar-refractivity contribution is 6.36. The lowest BCUT2D eigenvalue weighted by molar-refractivity contribution is 0.669. The van der Waals surface area contributed by atoms with E-state index < -0.39 is 0 Å². The number of aromatic nitrogens is 3. The summed E-state index contributed by atoms with van der Waals surface area (Å²) >= 11 is 6.49. The van der Waals surface area contributed by atoms with E-state index in [2.05, 4.69) is 54.6 Å². The van der Waals surface area contributed by atoms with Crippen molar-refractivity contribution >= 4 is 33.5 Å². The van der Waals surface area contributed by atoms with E-state index in [1.165, 1.54) is 5.56 Å². The van der Waals surface area contributed by atoms with Crippen LogP contribution in [-0.4, -0.2) is 15.0 Å². The molecule has 0 radical (unpaired) electrons. The van der Waals surface area contributed by atoms with Gasteiger partial charge in [0, 0.05) is 27.5 Å². The van der Waals surface area contributed by atoms with Crippen molar-refractivity contribution < 1.29 is 4.42 Å². The molecule has 0 bridgehead atoms. The van der Waals surface area contributed by atoms with Crippen molar-refractivity contribution in [3.05, 3.63) is 151 Å². The average Bonchev–Trinajstić information content (AvgIpc) is 3.49. The Bertz CT molecular complexity index is 2280. The van der Waals surface area contributed by atoms with Gasteiger partial charge in [-0.3, -0.25) is 0 Å². The Morgan fingerprint density at radius 1 is 0.432 bits per heavy atom. The summed E-state index contributed by atoms with van der Waals surface area (Å²) in [6.45, 7) is 0. The van der Waals surface area contributed by atoms with Crippen LogP contribution >= 0.6 is 11.6 Å². The van der Waals surface area contributed by atoms with Gasteiger partial charge in [-0.1, -0.05) is 139 Å². The van der Waals surface area contributed by atoms with Crippen LogP contribution in [0.15, 0.2) is 150 Å². The van der Waals surface area contributed by atoms with Crippen LogP contribution in [0.1, 0.15) is 0 Å². The molecule has 208 valence electrons. The van der Waals surface area contributed by atoms with Crippen molar-refractivity contribution in [2.45, 2.75) is 0 Å². The minimum absolute atomic E-state index is 0.598. The summed E-state index contributed by atoms with van der Waals surface area (Å²) in [5.74, 6) is 1.85. The monoisotopic (exact) mass is 585 g/mol. The van der Waals surface area contributed by atoms with Gasteiger partial charge < -0.3 is 4.42 Å². The SMILES string of the molecule is Clc1cccc2c1oc1cccc(-c3cccc(-c4nc(-c5ccccc5)nc(-c5ccc(-c6ccccc6)cc5)n4)c3)c12. The van der Waals surface area contributed by atoms with Crippen molar-refractivity contribution in [1.82, 2.24) is 15.0 Å². The number of furan rings is 1. The van der Waals surface area contributed by atoms with Crippen LogP contribution in [0.5, 0.6) is 0 Å². The summed E-state index contributed by atoms with van der Waals surface area (Å²) in [4.78, 5) is 14.9. The van der Waals surface area contributed by atoms with E-state index in [0.29, 0.717) is 28.1 Å². The average molecular weight is 586 g/mol. The first-order valence-corrected chi connectivity index (χ1v) is 14.8. The molecule has 4 nitrogen and oxygen atoms in total. The third kappa shape index (κ3) is 4.72. The zero-order chi connectivity index (χ0) is 29.5. The molecule has 5 heteroatoms. The van der Waals surface area contributed by atoms with Gasteiger partial charge in [-0.2, -0.15) is 0 Å². The molecule has 0 saturated heterocycles. The van der Waals surface area contributed by atoms with Crippen LogP contribution in [0, 0.1) is 0 Å². The fourth-order valence-electron chi connectivity index (χ4n) is 5.67. The Hall–Kier alpha value is -5.58. The Morgan fingerprint density at radius 2 is 0.955 bits per heavy atom. The molecule has 0 N–H and O–H groups in total. The summed E-state index contributed by atoms with van der Waals surface area (Å²) in [5.41, 5.74) is 8.64. The number of benzene rings is 6. The molecule has 0 fully saturated rings. The van der Waals surface area contributed by atoms with E-state index in [1.807, 2.05) is 91.0 Å². The topological polar surface area (TPSA) is 51.8 Å². The number of hydrogen-bond donors (Lipinski definition) is 0. The van der Waals surface area contributed by atoms with Crippen molar-refractivity contribution in [2.24, 2.45) is 0 Å². The lowest BCUT2D eigenvalue weighted by Gasteiger charge is -2.10. The van der Waals surface area contributed by atoms with Crippen LogP contribution in [0.2, 0.25) is 5.02 Å². The second-order valence-corrected chi connectivity index (χ2v) is 11.0. The van der Waals surface area contributed by atoms with Crippen molar-refractivity contribution in [3.8, 4) is 56.4 Å². The fraction of sp³-hybridized carbons (Fsp3) is 0. The molecule has 0 amide bonds. The van der Waals surface area contributed by atoms with Crippen molar-refractivity contribution in [3.63, 3.8) is 0 Å². The summed E-state index contributed by atoms with van der Waals surface area (Å²) in [6.07, 6.45) is 0. The molecule has 2 heterocycles. The minimum Gasteiger partial charge on any atom is -0.454 e. The predicted molar refractivity (Wildman–Crippen MR) is 179 cm³/mol. The van der Waals surface area contributed by atoms with Gasteiger partial charge >= 0.3 is 0 Å². The largest absolute Gasteiger partial charge is 0.454 e. The number of hydrogen-bond acceptors (Lipinski definition) is 4. The van der Waals surface area contributed by atoms with Crippen LogP contribution < -0.4 is 0 Å². The third-order valence-electron chi connectivity index (χ3n) is 7.82. The molecule has 6 aromatic carbocycles. The van der Waals surface area contributed by atoms with Gasteiger partial charge in [-0.05, 0) is 40.5 Å². The van der Waals surface area contributed by atoms with Gasteiger partial charge in [0.05, 0.1) is 5.02 Å². The van der Waals surface area contributed by atoms with Gasteiger partial charge in [-0.15, -0.1) is 0 Å². The van der Waals surface area contributed by atoms with Crippen molar-refractivity contribution in [1.29, 1.82) is 0 Å². The number of para-hydroxylation sites is 1. The molecule has 0 aliphatic rings. The second-order valence-electron chi connectivity index (χ2n) is 10.6. The number of nitrogens with zero attached hydrogens (tertiary/aromatic N) is 3. The molecule has 0 unspecified atom stereocenters. The summed E-state index contributed by atoms with van der Waals surface area (Å²) in [5, 5.41) is 2.62. The van der Waals surface area contributed by atoms with Crippen LogP contribution in [0.3, 0.4) is 0 Å². The number of fused-ring (bicyclic) bond motifs is 3. The first kappa shape index (κ1) is 26.1. The molecule has 2 aromatic heterocycles. The van der Waals surface area contributed by atoms with Gasteiger partial charge in [0.2, 0.25) is 0 Å². The maximum absolute atomic E-state index is 6.49. The minimum atomic E-state index is 0.598. The number of halogens is 1. The first-order chi connectivity index (χ1) is 21.7. The Labute approximate surface area is 259 Å². The zero-order valence-corrected chi connectivity index (χ0v) is 24.2. The van der Waals surface area contributed by atoms with E-state index in [1.54, 1.807) is 0 Å². The zero-order valence-electron chi connectivity index (χ0n) is 23.5. The molecule has 8 rings (SSSR count). The molecule has 0 spiro atoms. The Kier molecular flexibility index (Phi) is 6.47. The Morgan fingerprint density at radius 3 is 1.68 bits per heavy atom. The van der Waals surface area contributed by atoms with Crippen LogP contribution in [-0.2, 0) is 0 Å². The van der Waals surface area contributed by atoms with E-state index in [-0.39, 0.29) is 0 Å². The first-order valence-electron chi connectivity index (χ1n) is 14.4. The highest BCUT2D eigenvalue weighted by Crippen LogP contribution is 2.39. The standard InChI is InChI=1S/C39H24ClN3O/c40-33-18-8-17-32-35-31(16-9-19-34(35)44-36(32)33)29-14-7-15-30(24-29)39-42-37(27-12-5-2-6-13-27)41-38(43-39)28-22-20-26(21-23-28)25-10-3-1-4-11-25/h1-24H. The van der Waals surface area contributed by atoms with E-state index in [4.69, 9.17) is 31.0 Å². The lowest BCUT2D eigenvalue weighted by Crippen LogP contribution is -2.00. The third-order valence-corrected chi connectivity index (χ3v) is 8.12. The molecule has 0 saturated carbocycles. The summed E-state index contributed by atoms with van der Waals surface area (Å²) in [6, 6.07) is 49.0. The van der Waals surface area contributed by atoms with Crippen molar-refractivity contribution in [2.75, 3.05) is 0 Å². The molecular weight excluding hydrogens is 562 g/mol.